The summed E-state index contributed by atoms with van der Waals surface area (Å²) in [7, 11) is 4.19. The molecule has 0 unspecified atom stereocenters. The van der Waals surface area contributed by atoms with Gasteiger partial charge in [-0.15, -0.1) is 0 Å². The number of anilines is 2. The summed E-state index contributed by atoms with van der Waals surface area (Å²) in [4.78, 5) is 15.3. The third-order valence-corrected chi connectivity index (χ3v) is 4.13. The molecule has 7 heteroatoms. The molecule has 21 heavy (non-hydrogen) atoms. The summed E-state index contributed by atoms with van der Waals surface area (Å²) in [5, 5.41) is 0.549. The van der Waals surface area contributed by atoms with Crippen molar-refractivity contribution in [1.82, 2.24) is 4.90 Å². The third kappa shape index (κ3) is 3.71. The minimum Gasteiger partial charge on any atom is -0.408 e. The van der Waals surface area contributed by atoms with Gasteiger partial charge in [-0.25, -0.2) is 4.79 Å². The van der Waals surface area contributed by atoms with Crippen LogP contribution in [0.1, 0.15) is 12.8 Å². The van der Waals surface area contributed by atoms with Crippen molar-refractivity contribution in [3.8, 4) is 5.75 Å². The van der Waals surface area contributed by atoms with Crippen molar-refractivity contribution in [3.63, 3.8) is 0 Å². The Hall–Kier alpha value is -1.66. The zero-order valence-electron chi connectivity index (χ0n) is 12.3. The molecule has 1 heterocycles. The highest BCUT2D eigenvalue weighted by Crippen LogP contribution is 2.36. The second kappa shape index (κ2) is 6.41. The van der Waals surface area contributed by atoms with Crippen LogP contribution in [0.15, 0.2) is 12.1 Å². The number of carbonyl (C=O) groups excluding carboxylic acids is 1. The van der Waals surface area contributed by atoms with Crippen LogP contribution in [0.3, 0.4) is 0 Å². The number of amides is 1. The number of nitrogen functional groups attached to an aromatic ring is 1. The fourth-order valence-electron chi connectivity index (χ4n) is 2.62. The van der Waals surface area contributed by atoms with E-state index >= 15 is 0 Å². The quantitative estimate of drug-likeness (QED) is 0.833. The van der Waals surface area contributed by atoms with E-state index in [0.29, 0.717) is 16.8 Å². The number of nitrogens with zero attached hydrogens (tertiary/aromatic N) is 2. The standard InChI is InChI=1S/C14H21ClN4O2/c1-18(2)9-3-5-19(6-4-9)12-8-13(21-14(17)20)11(16)7-10(12)15/h7-9H,3-6,16H2,1-2H3,(H2,17,20). The topological polar surface area (TPSA) is 84.8 Å². The van der Waals surface area contributed by atoms with Crippen molar-refractivity contribution in [2.75, 3.05) is 37.8 Å². The smallest absolute Gasteiger partial charge is 0.408 e. The normalized spacial score (nSPS) is 16.3. The van der Waals surface area contributed by atoms with E-state index in [2.05, 4.69) is 23.9 Å². The van der Waals surface area contributed by atoms with E-state index in [1.54, 1.807) is 12.1 Å². The van der Waals surface area contributed by atoms with Crippen molar-refractivity contribution < 1.29 is 9.53 Å². The summed E-state index contributed by atoms with van der Waals surface area (Å²) < 4.78 is 4.91. The van der Waals surface area contributed by atoms with Gasteiger partial charge in [0.05, 0.1) is 16.4 Å². The lowest BCUT2D eigenvalue weighted by Gasteiger charge is -2.37. The number of piperidine rings is 1. The Morgan fingerprint density at radius 1 is 1.38 bits per heavy atom. The second-order valence-electron chi connectivity index (χ2n) is 5.44. The zero-order valence-corrected chi connectivity index (χ0v) is 13.1. The summed E-state index contributed by atoms with van der Waals surface area (Å²) in [5.41, 5.74) is 11.9. The third-order valence-electron chi connectivity index (χ3n) is 3.83. The number of hydrogen-bond acceptors (Lipinski definition) is 5. The van der Waals surface area contributed by atoms with Crippen LogP contribution in [0.4, 0.5) is 16.2 Å². The Morgan fingerprint density at radius 3 is 2.52 bits per heavy atom. The number of rotatable bonds is 3. The van der Waals surface area contributed by atoms with Gasteiger partial charge in [0.25, 0.3) is 0 Å². The molecule has 0 aliphatic carbocycles. The number of ether oxygens (including phenoxy) is 1. The summed E-state index contributed by atoms with van der Waals surface area (Å²) in [5.74, 6) is 0.247. The number of primary amides is 1. The molecule has 116 valence electrons. The Labute approximate surface area is 129 Å². The summed E-state index contributed by atoms with van der Waals surface area (Å²) in [6, 6.07) is 3.85. The number of benzene rings is 1. The van der Waals surface area contributed by atoms with Crippen LogP contribution < -0.4 is 21.1 Å². The van der Waals surface area contributed by atoms with Gasteiger partial charge in [-0.1, -0.05) is 11.6 Å². The fraction of sp³-hybridized carbons (Fsp3) is 0.500. The summed E-state index contributed by atoms with van der Waals surface area (Å²) in [6.07, 6.45) is 1.22. The molecule has 1 fully saturated rings. The van der Waals surface area contributed by atoms with E-state index in [1.165, 1.54) is 0 Å². The molecule has 0 spiro atoms. The van der Waals surface area contributed by atoms with Crippen molar-refractivity contribution in [1.29, 1.82) is 0 Å². The van der Waals surface area contributed by atoms with Crippen molar-refractivity contribution in [3.05, 3.63) is 17.2 Å². The highest BCUT2D eigenvalue weighted by Gasteiger charge is 2.23. The van der Waals surface area contributed by atoms with Gasteiger partial charge in [-0.2, -0.15) is 0 Å². The van der Waals surface area contributed by atoms with Gasteiger partial charge in [-0.3, -0.25) is 0 Å². The van der Waals surface area contributed by atoms with E-state index in [-0.39, 0.29) is 5.75 Å². The first-order valence-corrected chi connectivity index (χ1v) is 7.24. The molecular weight excluding hydrogens is 292 g/mol. The van der Waals surface area contributed by atoms with Crippen LogP contribution in [0.5, 0.6) is 5.75 Å². The van der Waals surface area contributed by atoms with Crippen LogP contribution in [-0.2, 0) is 0 Å². The Bertz CT molecular complexity index is 528. The van der Waals surface area contributed by atoms with E-state index in [9.17, 15) is 4.79 Å². The first-order chi connectivity index (χ1) is 9.88. The van der Waals surface area contributed by atoms with E-state index in [0.717, 1.165) is 31.6 Å². The van der Waals surface area contributed by atoms with Crippen LogP contribution >= 0.6 is 11.6 Å². The lowest BCUT2D eigenvalue weighted by atomic mass is 10.0. The molecule has 1 aliphatic rings. The number of carbonyl (C=O) groups is 1. The molecule has 2 rings (SSSR count). The van der Waals surface area contributed by atoms with E-state index < -0.39 is 6.09 Å². The van der Waals surface area contributed by atoms with E-state index in [4.69, 9.17) is 27.8 Å². The van der Waals surface area contributed by atoms with Crippen molar-refractivity contribution in [2.45, 2.75) is 18.9 Å². The molecule has 0 radical (unpaired) electrons. The van der Waals surface area contributed by atoms with Gasteiger partial charge in [0.2, 0.25) is 0 Å². The molecule has 0 saturated carbocycles. The van der Waals surface area contributed by atoms with Crippen LogP contribution in [0, 0.1) is 0 Å². The Balaban J connectivity index is 2.18. The maximum absolute atomic E-state index is 10.9. The summed E-state index contributed by atoms with van der Waals surface area (Å²) in [6.45, 7) is 1.78. The highest BCUT2D eigenvalue weighted by molar-refractivity contribution is 6.33. The van der Waals surface area contributed by atoms with Crippen molar-refractivity contribution >= 4 is 29.1 Å². The molecule has 1 aromatic carbocycles. The minimum absolute atomic E-state index is 0.247. The average molecular weight is 313 g/mol. The highest BCUT2D eigenvalue weighted by atomic mass is 35.5. The average Bonchev–Trinajstić information content (AvgIpc) is 2.41. The zero-order chi connectivity index (χ0) is 15.6. The van der Waals surface area contributed by atoms with Gasteiger partial charge in [-0.05, 0) is 33.0 Å². The van der Waals surface area contributed by atoms with Crippen LogP contribution in [-0.4, -0.2) is 44.2 Å². The Kier molecular flexibility index (Phi) is 4.80. The predicted octanol–water partition coefficient (Wildman–Crippen LogP) is 1.91. The van der Waals surface area contributed by atoms with Gasteiger partial charge < -0.3 is 26.0 Å². The van der Waals surface area contributed by atoms with Crippen LogP contribution in [0.25, 0.3) is 0 Å². The second-order valence-corrected chi connectivity index (χ2v) is 5.85. The molecule has 0 atom stereocenters. The number of halogens is 1. The molecule has 1 amide bonds. The van der Waals surface area contributed by atoms with Gasteiger partial charge in [0, 0.05) is 25.2 Å². The molecule has 1 aliphatic heterocycles. The minimum atomic E-state index is -0.888. The van der Waals surface area contributed by atoms with Crippen molar-refractivity contribution in [2.24, 2.45) is 5.73 Å². The number of nitrogens with two attached hydrogens (primary N) is 2. The molecular formula is C14H21ClN4O2. The first kappa shape index (κ1) is 15.7. The molecule has 0 bridgehead atoms. The van der Waals surface area contributed by atoms with Gasteiger partial charge in [0.1, 0.15) is 0 Å². The largest absolute Gasteiger partial charge is 0.410 e. The van der Waals surface area contributed by atoms with E-state index in [1.807, 2.05) is 0 Å². The maximum Gasteiger partial charge on any atom is 0.410 e. The monoisotopic (exact) mass is 312 g/mol. The SMILES string of the molecule is CN(C)C1CCN(c2cc(OC(N)=O)c(N)cc2Cl)CC1. The molecule has 0 aromatic heterocycles. The van der Waals surface area contributed by atoms with Gasteiger partial charge in [0.15, 0.2) is 5.75 Å². The molecule has 4 N–H and O–H groups in total. The Morgan fingerprint density at radius 2 is 2.00 bits per heavy atom. The lowest BCUT2D eigenvalue weighted by Crippen LogP contribution is -2.42. The molecule has 1 aromatic rings. The fourth-order valence-corrected chi connectivity index (χ4v) is 2.91. The maximum atomic E-state index is 10.9. The first-order valence-electron chi connectivity index (χ1n) is 6.86. The van der Waals surface area contributed by atoms with Crippen LogP contribution in [0.2, 0.25) is 5.02 Å². The van der Waals surface area contributed by atoms with Gasteiger partial charge >= 0.3 is 6.09 Å². The number of hydrogen-bond donors (Lipinski definition) is 2. The lowest BCUT2D eigenvalue weighted by molar-refractivity contribution is 0.211. The summed E-state index contributed by atoms with van der Waals surface area (Å²) >= 11 is 6.27. The molecule has 6 nitrogen and oxygen atoms in total. The predicted molar refractivity (Wildman–Crippen MR) is 85.0 cm³/mol. The molecule has 1 saturated heterocycles.